The van der Waals surface area contributed by atoms with Crippen LogP contribution in [0.2, 0.25) is 5.28 Å². The van der Waals surface area contributed by atoms with Crippen LogP contribution in [0.5, 0.6) is 5.75 Å². The molecule has 18 heavy (non-hydrogen) atoms. The van der Waals surface area contributed by atoms with Crippen molar-refractivity contribution in [2.75, 3.05) is 7.11 Å². The Balaban J connectivity index is 2.65. The molecule has 2 rings (SSSR count). The van der Waals surface area contributed by atoms with Gasteiger partial charge in [0.1, 0.15) is 17.4 Å². The number of nitrogens with zero attached hydrogens (tertiary/aromatic N) is 3. The van der Waals surface area contributed by atoms with Crippen LogP contribution >= 0.6 is 11.6 Å². The van der Waals surface area contributed by atoms with E-state index in [9.17, 15) is 4.39 Å². The normalized spacial score (nSPS) is 11.0. The molecule has 0 saturated carbocycles. The second-order valence-electron chi connectivity index (χ2n) is 4.13. The van der Waals surface area contributed by atoms with Gasteiger partial charge in [-0.1, -0.05) is 13.8 Å². The van der Waals surface area contributed by atoms with Gasteiger partial charge in [0.25, 0.3) is 0 Å². The van der Waals surface area contributed by atoms with Crippen molar-refractivity contribution in [1.82, 2.24) is 14.8 Å². The zero-order valence-corrected chi connectivity index (χ0v) is 11.1. The van der Waals surface area contributed by atoms with Crippen molar-refractivity contribution in [2.45, 2.75) is 19.8 Å². The molecule has 0 fully saturated rings. The van der Waals surface area contributed by atoms with E-state index in [2.05, 4.69) is 10.2 Å². The smallest absolute Gasteiger partial charge is 0.229 e. The number of ether oxygens (including phenoxy) is 1. The third-order valence-corrected chi connectivity index (χ3v) is 2.79. The molecule has 0 bridgehead atoms. The van der Waals surface area contributed by atoms with Gasteiger partial charge in [-0.15, -0.1) is 10.2 Å². The fourth-order valence-corrected chi connectivity index (χ4v) is 1.92. The highest BCUT2D eigenvalue weighted by Crippen LogP contribution is 2.29. The van der Waals surface area contributed by atoms with Crippen LogP contribution < -0.4 is 4.74 Å². The minimum absolute atomic E-state index is 0.139. The van der Waals surface area contributed by atoms with Gasteiger partial charge in [-0.3, -0.25) is 4.57 Å². The number of rotatable bonds is 3. The molecule has 96 valence electrons. The molecule has 1 aromatic carbocycles. The summed E-state index contributed by atoms with van der Waals surface area (Å²) in [5, 5.41) is 8.09. The molecule has 1 heterocycles. The maximum absolute atomic E-state index is 13.2. The van der Waals surface area contributed by atoms with Crippen LogP contribution in [0.3, 0.4) is 0 Å². The molecule has 0 unspecified atom stereocenters. The zero-order chi connectivity index (χ0) is 13.3. The summed E-state index contributed by atoms with van der Waals surface area (Å²) in [5.41, 5.74) is 0.623. The number of halogens is 2. The lowest BCUT2D eigenvalue weighted by molar-refractivity contribution is 0.409. The fourth-order valence-electron chi connectivity index (χ4n) is 1.71. The van der Waals surface area contributed by atoms with E-state index in [4.69, 9.17) is 16.3 Å². The fraction of sp³-hybridized carbons (Fsp3) is 0.333. The van der Waals surface area contributed by atoms with Gasteiger partial charge in [-0.25, -0.2) is 4.39 Å². The van der Waals surface area contributed by atoms with E-state index in [-0.39, 0.29) is 17.0 Å². The van der Waals surface area contributed by atoms with Crippen LogP contribution in [-0.2, 0) is 0 Å². The Kier molecular flexibility index (Phi) is 3.52. The predicted molar refractivity (Wildman–Crippen MR) is 67.0 cm³/mol. The van der Waals surface area contributed by atoms with Crippen LogP contribution in [0.4, 0.5) is 4.39 Å². The molecular formula is C12H13ClFN3O. The largest absolute Gasteiger partial charge is 0.494 e. The highest BCUT2D eigenvalue weighted by Gasteiger charge is 2.18. The molecule has 0 atom stereocenters. The minimum Gasteiger partial charge on any atom is -0.494 e. The van der Waals surface area contributed by atoms with E-state index in [1.807, 2.05) is 13.8 Å². The summed E-state index contributed by atoms with van der Waals surface area (Å²) < 4.78 is 20.0. The van der Waals surface area contributed by atoms with Crippen LogP contribution in [0.25, 0.3) is 5.69 Å². The SMILES string of the molecule is COc1cc(F)ccc1-n1c(Cl)nnc1C(C)C. The van der Waals surface area contributed by atoms with Gasteiger partial charge in [0, 0.05) is 12.0 Å². The van der Waals surface area contributed by atoms with Crippen molar-refractivity contribution in [3.8, 4) is 11.4 Å². The summed E-state index contributed by atoms with van der Waals surface area (Å²) in [6, 6.07) is 4.24. The van der Waals surface area contributed by atoms with Gasteiger partial charge in [-0.05, 0) is 23.7 Å². The van der Waals surface area contributed by atoms with E-state index in [0.717, 1.165) is 0 Å². The quantitative estimate of drug-likeness (QED) is 0.859. The molecule has 0 radical (unpaired) electrons. The second-order valence-corrected chi connectivity index (χ2v) is 4.47. The van der Waals surface area contributed by atoms with Gasteiger partial charge in [0.2, 0.25) is 5.28 Å². The number of hydrogen-bond donors (Lipinski definition) is 0. The highest BCUT2D eigenvalue weighted by molar-refractivity contribution is 6.28. The van der Waals surface area contributed by atoms with Crippen molar-refractivity contribution in [1.29, 1.82) is 0 Å². The van der Waals surface area contributed by atoms with Gasteiger partial charge >= 0.3 is 0 Å². The Hall–Kier alpha value is -1.62. The number of aromatic nitrogens is 3. The molecule has 0 N–H and O–H groups in total. The first kappa shape index (κ1) is 12.8. The molecular weight excluding hydrogens is 257 g/mol. The van der Waals surface area contributed by atoms with Gasteiger partial charge in [0.15, 0.2) is 0 Å². The first-order valence-electron chi connectivity index (χ1n) is 5.49. The molecule has 0 aliphatic carbocycles. The molecule has 0 spiro atoms. The molecule has 2 aromatic rings. The monoisotopic (exact) mass is 269 g/mol. The first-order chi connectivity index (χ1) is 8.54. The molecule has 6 heteroatoms. The average molecular weight is 270 g/mol. The average Bonchev–Trinajstić information content (AvgIpc) is 2.71. The van der Waals surface area contributed by atoms with Crippen molar-refractivity contribution in [2.24, 2.45) is 0 Å². The van der Waals surface area contributed by atoms with E-state index < -0.39 is 0 Å². The van der Waals surface area contributed by atoms with E-state index >= 15 is 0 Å². The van der Waals surface area contributed by atoms with Crippen LogP contribution in [0.1, 0.15) is 25.6 Å². The van der Waals surface area contributed by atoms with Gasteiger partial charge < -0.3 is 4.74 Å². The number of hydrogen-bond acceptors (Lipinski definition) is 3. The Labute approximate surface area is 109 Å². The summed E-state index contributed by atoms with van der Waals surface area (Å²) in [4.78, 5) is 0. The van der Waals surface area contributed by atoms with Crippen molar-refractivity contribution in [3.63, 3.8) is 0 Å². The Morgan fingerprint density at radius 3 is 2.67 bits per heavy atom. The summed E-state index contributed by atoms with van der Waals surface area (Å²) in [7, 11) is 1.48. The lowest BCUT2D eigenvalue weighted by Gasteiger charge is -2.13. The Bertz CT molecular complexity index is 568. The summed E-state index contributed by atoms with van der Waals surface area (Å²) in [6.45, 7) is 3.96. The molecule has 0 aliphatic heterocycles. The van der Waals surface area contributed by atoms with Crippen LogP contribution in [0.15, 0.2) is 18.2 Å². The molecule has 1 aromatic heterocycles. The van der Waals surface area contributed by atoms with E-state index in [1.54, 1.807) is 10.6 Å². The lowest BCUT2D eigenvalue weighted by Crippen LogP contribution is -2.05. The highest BCUT2D eigenvalue weighted by atomic mass is 35.5. The summed E-state index contributed by atoms with van der Waals surface area (Å²) in [6.07, 6.45) is 0. The Morgan fingerprint density at radius 1 is 1.33 bits per heavy atom. The summed E-state index contributed by atoms with van der Waals surface area (Å²) >= 11 is 6.03. The standard InChI is InChI=1S/C12H13ClFN3O/c1-7(2)11-15-16-12(13)17(11)9-5-4-8(14)6-10(9)18-3/h4-7H,1-3H3. The zero-order valence-electron chi connectivity index (χ0n) is 10.3. The van der Waals surface area contributed by atoms with E-state index in [1.165, 1.54) is 19.2 Å². The van der Waals surface area contributed by atoms with Crippen molar-refractivity contribution >= 4 is 11.6 Å². The van der Waals surface area contributed by atoms with Gasteiger partial charge in [0.05, 0.1) is 12.8 Å². The summed E-state index contributed by atoms with van der Waals surface area (Å²) in [5.74, 6) is 0.856. The van der Waals surface area contributed by atoms with Crippen molar-refractivity contribution < 1.29 is 9.13 Å². The van der Waals surface area contributed by atoms with Gasteiger partial charge in [-0.2, -0.15) is 0 Å². The molecule has 0 aliphatic rings. The van der Waals surface area contributed by atoms with E-state index in [0.29, 0.717) is 17.3 Å². The van der Waals surface area contributed by atoms with Crippen LogP contribution in [0, 0.1) is 5.82 Å². The predicted octanol–water partition coefficient (Wildman–Crippen LogP) is 3.19. The first-order valence-corrected chi connectivity index (χ1v) is 5.87. The lowest BCUT2D eigenvalue weighted by atomic mass is 10.2. The molecule has 0 saturated heterocycles. The maximum Gasteiger partial charge on any atom is 0.229 e. The topological polar surface area (TPSA) is 39.9 Å². The third-order valence-electron chi connectivity index (χ3n) is 2.55. The third kappa shape index (κ3) is 2.18. The van der Waals surface area contributed by atoms with Crippen LogP contribution in [-0.4, -0.2) is 21.9 Å². The number of methoxy groups -OCH3 is 1. The Morgan fingerprint density at radius 2 is 2.06 bits per heavy atom. The number of benzene rings is 1. The second kappa shape index (κ2) is 4.94. The maximum atomic E-state index is 13.2. The minimum atomic E-state index is -0.370. The molecule has 4 nitrogen and oxygen atoms in total. The van der Waals surface area contributed by atoms with Crippen molar-refractivity contribution in [3.05, 3.63) is 35.1 Å². The molecule has 0 amide bonds.